The number of carboxylic acid groups (broad SMARTS) is 1. The van der Waals surface area contributed by atoms with Gasteiger partial charge in [0.1, 0.15) is 6.04 Å². The van der Waals surface area contributed by atoms with Crippen molar-refractivity contribution in [1.82, 2.24) is 20.2 Å². The molecule has 0 spiro atoms. The standard InChI is InChI=1S/C27H33N5O4/c1-26(2,28)24(34)31-22(14-18-16-30-21-10-4-3-9-20(18)21)23(33)32-13-7-11-27(17-32,25(35)36)15-19-8-5-6-12-29-19/h3-6,8-10,12,16,22,30H,7,11,13-15,17,28H2,1-2H3,(H,31,34)(H,35,36)/t22-,27-/m1/s1. The molecule has 0 saturated carbocycles. The number of piperidine rings is 1. The van der Waals surface area contributed by atoms with Gasteiger partial charge in [-0.2, -0.15) is 0 Å². The highest BCUT2D eigenvalue weighted by molar-refractivity contribution is 5.93. The van der Waals surface area contributed by atoms with Crippen LogP contribution in [0.5, 0.6) is 0 Å². The van der Waals surface area contributed by atoms with Crippen molar-refractivity contribution in [2.75, 3.05) is 13.1 Å². The van der Waals surface area contributed by atoms with Crippen LogP contribution in [0, 0.1) is 5.41 Å². The molecular formula is C27H33N5O4. The summed E-state index contributed by atoms with van der Waals surface area (Å²) in [6.45, 7) is 3.63. The minimum Gasteiger partial charge on any atom is -0.481 e. The number of nitrogens with two attached hydrogens (primary N) is 1. The van der Waals surface area contributed by atoms with E-state index in [1.807, 2.05) is 36.5 Å². The van der Waals surface area contributed by atoms with E-state index in [0.29, 0.717) is 25.1 Å². The van der Waals surface area contributed by atoms with Gasteiger partial charge in [0, 0.05) is 54.9 Å². The number of amides is 2. The van der Waals surface area contributed by atoms with E-state index in [0.717, 1.165) is 16.5 Å². The van der Waals surface area contributed by atoms with Gasteiger partial charge in [0.25, 0.3) is 0 Å². The van der Waals surface area contributed by atoms with Crippen LogP contribution in [0.15, 0.2) is 54.9 Å². The number of aromatic amines is 1. The van der Waals surface area contributed by atoms with Crippen molar-refractivity contribution in [2.24, 2.45) is 11.1 Å². The molecule has 0 bridgehead atoms. The SMILES string of the molecule is CC(C)(N)C(=O)N[C@H](Cc1c[nH]c2ccccc12)C(=O)N1CCC[C@](Cc2ccccn2)(C(=O)O)C1. The maximum absolute atomic E-state index is 13.8. The first-order chi connectivity index (χ1) is 17.1. The third kappa shape index (κ3) is 5.41. The summed E-state index contributed by atoms with van der Waals surface area (Å²) in [6, 6.07) is 12.3. The number of benzene rings is 1. The van der Waals surface area contributed by atoms with Crippen LogP contribution in [0.3, 0.4) is 0 Å². The van der Waals surface area contributed by atoms with Gasteiger partial charge >= 0.3 is 5.97 Å². The molecule has 9 heteroatoms. The molecule has 3 aromatic rings. The number of H-pyrrole nitrogens is 1. The zero-order valence-corrected chi connectivity index (χ0v) is 20.7. The van der Waals surface area contributed by atoms with Crippen molar-refractivity contribution in [2.45, 2.75) is 51.1 Å². The van der Waals surface area contributed by atoms with Crippen LogP contribution in [0.2, 0.25) is 0 Å². The van der Waals surface area contributed by atoms with Crippen molar-refractivity contribution >= 4 is 28.7 Å². The van der Waals surface area contributed by atoms with E-state index < -0.39 is 28.9 Å². The summed E-state index contributed by atoms with van der Waals surface area (Å²) in [6.07, 6.45) is 4.93. The molecule has 1 saturated heterocycles. The Morgan fingerprint density at radius 2 is 1.97 bits per heavy atom. The van der Waals surface area contributed by atoms with Gasteiger partial charge in [-0.1, -0.05) is 24.3 Å². The highest BCUT2D eigenvalue weighted by Crippen LogP contribution is 2.34. The molecule has 1 fully saturated rings. The summed E-state index contributed by atoms with van der Waals surface area (Å²) in [7, 11) is 0. The lowest BCUT2D eigenvalue weighted by atomic mass is 9.76. The molecule has 3 heterocycles. The lowest BCUT2D eigenvalue weighted by molar-refractivity contribution is -0.156. The van der Waals surface area contributed by atoms with Crippen LogP contribution >= 0.6 is 0 Å². The molecule has 1 aromatic carbocycles. The molecule has 9 nitrogen and oxygen atoms in total. The van der Waals surface area contributed by atoms with E-state index in [9.17, 15) is 19.5 Å². The normalized spacial score (nSPS) is 19.1. The number of likely N-dealkylation sites (tertiary alicyclic amines) is 1. The van der Waals surface area contributed by atoms with Gasteiger partial charge in [0.05, 0.1) is 11.0 Å². The summed E-state index contributed by atoms with van der Waals surface area (Å²) >= 11 is 0. The maximum atomic E-state index is 13.8. The number of carboxylic acids is 1. The molecule has 36 heavy (non-hydrogen) atoms. The highest BCUT2D eigenvalue weighted by atomic mass is 16.4. The van der Waals surface area contributed by atoms with E-state index in [-0.39, 0.29) is 25.3 Å². The molecule has 5 N–H and O–H groups in total. The molecule has 0 radical (unpaired) electrons. The predicted octanol–water partition coefficient (Wildman–Crippen LogP) is 2.26. The summed E-state index contributed by atoms with van der Waals surface area (Å²) < 4.78 is 0. The Morgan fingerprint density at radius 1 is 1.22 bits per heavy atom. The summed E-state index contributed by atoms with van der Waals surface area (Å²) in [4.78, 5) is 48.2. The Morgan fingerprint density at radius 3 is 2.67 bits per heavy atom. The fourth-order valence-electron chi connectivity index (χ4n) is 4.85. The number of pyridine rings is 1. The summed E-state index contributed by atoms with van der Waals surface area (Å²) in [5.41, 5.74) is 6.17. The van der Waals surface area contributed by atoms with Crippen molar-refractivity contribution in [3.8, 4) is 0 Å². The molecule has 2 amide bonds. The average molecular weight is 492 g/mol. The quantitative estimate of drug-likeness (QED) is 0.381. The second kappa shape index (κ2) is 10.1. The molecule has 2 aromatic heterocycles. The van der Waals surface area contributed by atoms with Gasteiger partial charge in [-0.25, -0.2) is 0 Å². The number of para-hydroxylation sites is 1. The summed E-state index contributed by atoms with van der Waals surface area (Å²) in [5, 5.41) is 14.0. The number of aliphatic carboxylic acids is 1. The smallest absolute Gasteiger partial charge is 0.311 e. The van der Waals surface area contributed by atoms with Crippen LogP contribution in [-0.4, -0.2) is 62.4 Å². The van der Waals surface area contributed by atoms with E-state index in [1.54, 1.807) is 37.1 Å². The molecule has 2 atom stereocenters. The number of aromatic nitrogens is 2. The van der Waals surface area contributed by atoms with Gasteiger partial charge in [-0.05, 0) is 50.5 Å². The van der Waals surface area contributed by atoms with Crippen LogP contribution < -0.4 is 11.1 Å². The van der Waals surface area contributed by atoms with Crippen molar-refractivity contribution in [3.63, 3.8) is 0 Å². The largest absolute Gasteiger partial charge is 0.481 e. The first-order valence-corrected chi connectivity index (χ1v) is 12.2. The molecule has 1 aliphatic rings. The first kappa shape index (κ1) is 25.4. The van der Waals surface area contributed by atoms with Crippen LogP contribution in [0.4, 0.5) is 0 Å². The third-order valence-electron chi connectivity index (χ3n) is 6.88. The van der Waals surface area contributed by atoms with Crippen molar-refractivity contribution in [1.29, 1.82) is 0 Å². The van der Waals surface area contributed by atoms with E-state index >= 15 is 0 Å². The molecular weight excluding hydrogens is 458 g/mol. The van der Waals surface area contributed by atoms with Crippen LogP contribution in [0.25, 0.3) is 10.9 Å². The van der Waals surface area contributed by atoms with Gasteiger partial charge in [-0.15, -0.1) is 0 Å². The Hall–Kier alpha value is -3.72. The zero-order chi connectivity index (χ0) is 25.9. The molecule has 1 aliphatic heterocycles. The number of carbonyl (C=O) groups is 3. The molecule has 0 aliphatic carbocycles. The van der Waals surface area contributed by atoms with Gasteiger partial charge in [0.2, 0.25) is 11.8 Å². The number of fused-ring (bicyclic) bond motifs is 1. The lowest BCUT2D eigenvalue weighted by Crippen LogP contribution is -2.59. The third-order valence-corrected chi connectivity index (χ3v) is 6.88. The number of hydrogen-bond donors (Lipinski definition) is 4. The number of nitrogens with one attached hydrogen (secondary N) is 2. The highest BCUT2D eigenvalue weighted by Gasteiger charge is 2.45. The van der Waals surface area contributed by atoms with Crippen LogP contribution in [-0.2, 0) is 27.2 Å². The Bertz CT molecular complexity index is 1250. The monoisotopic (exact) mass is 491 g/mol. The minimum atomic E-state index is -1.18. The fourth-order valence-corrected chi connectivity index (χ4v) is 4.85. The maximum Gasteiger partial charge on any atom is 0.311 e. The minimum absolute atomic E-state index is 0.0456. The van der Waals surface area contributed by atoms with Crippen molar-refractivity contribution in [3.05, 3.63) is 66.1 Å². The fraction of sp³-hybridized carbons (Fsp3) is 0.407. The molecule has 0 unspecified atom stereocenters. The van der Waals surface area contributed by atoms with E-state index in [4.69, 9.17) is 5.73 Å². The molecule has 4 rings (SSSR count). The van der Waals surface area contributed by atoms with E-state index in [1.165, 1.54) is 0 Å². The van der Waals surface area contributed by atoms with Gasteiger partial charge in [-0.3, -0.25) is 19.4 Å². The topological polar surface area (TPSA) is 141 Å². The first-order valence-electron chi connectivity index (χ1n) is 12.2. The van der Waals surface area contributed by atoms with Gasteiger partial charge in [0.15, 0.2) is 0 Å². The number of hydrogen-bond acceptors (Lipinski definition) is 5. The number of nitrogens with zero attached hydrogens (tertiary/aromatic N) is 2. The Kier molecular flexibility index (Phi) is 7.12. The van der Waals surface area contributed by atoms with Crippen molar-refractivity contribution < 1.29 is 19.5 Å². The summed E-state index contributed by atoms with van der Waals surface area (Å²) in [5.74, 6) is -1.72. The second-order valence-corrected chi connectivity index (χ2v) is 10.3. The average Bonchev–Trinajstić information content (AvgIpc) is 3.26. The second-order valence-electron chi connectivity index (χ2n) is 10.3. The molecule has 190 valence electrons. The number of rotatable bonds is 8. The predicted molar refractivity (Wildman–Crippen MR) is 136 cm³/mol. The Balaban J connectivity index is 1.61. The number of carbonyl (C=O) groups excluding carboxylic acids is 2. The zero-order valence-electron chi connectivity index (χ0n) is 20.7. The van der Waals surface area contributed by atoms with Crippen LogP contribution in [0.1, 0.15) is 37.9 Å². The lowest BCUT2D eigenvalue weighted by Gasteiger charge is -2.41. The van der Waals surface area contributed by atoms with E-state index in [2.05, 4.69) is 15.3 Å². The Labute approximate surface area is 210 Å². The van der Waals surface area contributed by atoms with Gasteiger partial charge < -0.3 is 26.0 Å².